The minimum Gasteiger partial charge on any atom is -0.373 e. The number of carbonyl (C=O) groups excluding carboxylic acids is 1. The molecular formula is C14H12Cl2O2S. The van der Waals surface area contributed by atoms with E-state index in [0.29, 0.717) is 20.8 Å². The Morgan fingerprint density at radius 1 is 1.21 bits per heavy atom. The van der Waals surface area contributed by atoms with Gasteiger partial charge < -0.3 is 4.74 Å². The van der Waals surface area contributed by atoms with E-state index in [0.717, 1.165) is 6.42 Å². The molecule has 0 bridgehead atoms. The molecule has 0 aliphatic heterocycles. The minimum absolute atomic E-state index is 0.0274. The van der Waals surface area contributed by atoms with Crippen LogP contribution >= 0.6 is 34.5 Å². The van der Waals surface area contributed by atoms with Crippen molar-refractivity contribution >= 4 is 40.3 Å². The fraction of sp³-hybridized carbons (Fsp3) is 0.214. The van der Waals surface area contributed by atoms with Gasteiger partial charge in [-0.2, -0.15) is 0 Å². The Hall–Kier alpha value is -0.870. The highest BCUT2D eigenvalue weighted by atomic mass is 35.5. The minimum atomic E-state index is -0.138. The van der Waals surface area contributed by atoms with Crippen molar-refractivity contribution in [1.29, 1.82) is 0 Å². The molecular weight excluding hydrogens is 303 g/mol. The summed E-state index contributed by atoms with van der Waals surface area (Å²) in [6, 6.07) is 11.6. The Labute approximate surface area is 125 Å². The number of halogens is 2. The van der Waals surface area contributed by atoms with Crippen LogP contribution in [-0.4, -0.2) is 19.0 Å². The van der Waals surface area contributed by atoms with Crippen LogP contribution in [0.3, 0.4) is 0 Å². The van der Waals surface area contributed by atoms with Gasteiger partial charge in [0.25, 0.3) is 0 Å². The van der Waals surface area contributed by atoms with E-state index in [1.165, 1.54) is 16.9 Å². The van der Waals surface area contributed by atoms with E-state index in [4.69, 9.17) is 27.9 Å². The fourth-order valence-corrected chi connectivity index (χ4v) is 3.11. The monoisotopic (exact) mass is 314 g/mol. The summed E-state index contributed by atoms with van der Waals surface area (Å²) in [5.41, 5.74) is 1.63. The van der Waals surface area contributed by atoms with Gasteiger partial charge in [-0.1, -0.05) is 53.5 Å². The maximum absolute atomic E-state index is 11.8. The van der Waals surface area contributed by atoms with Crippen molar-refractivity contribution in [3.63, 3.8) is 0 Å². The van der Waals surface area contributed by atoms with E-state index in [-0.39, 0.29) is 12.4 Å². The average Bonchev–Trinajstić information content (AvgIpc) is 2.75. The van der Waals surface area contributed by atoms with E-state index in [2.05, 4.69) is 0 Å². The number of ketones is 1. The summed E-state index contributed by atoms with van der Waals surface area (Å²) in [4.78, 5) is 11.8. The zero-order valence-electron chi connectivity index (χ0n) is 10.1. The molecule has 2 nitrogen and oxygen atoms in total. The van der Waals surface area contributed by atoms with Crippen molar-refractivity contribution in [2.45, 2.75) is 6.42 Å². The average molecular weight is 315 g/mol. The summed E-state index contributed by atoms with van der Waals surface area (Å²) in [5.74, 6) is -0.138. The molecule has 0 aliphatic carbocycles. The van der Waals surface area contributed by atoms with Gasteiger partial charge >= 0.3 is 0 Å². The SMILES string of the molecule is O=C(COCCc1ccccc1)c1cc(Cl)sc1Cl. The lowest BCUT2D eigenvalue weighted by atomic mass is 10.2. The Bertz CT molecular complexity index is 552. The molecule has 0 amide bonds. The summed E-state index contributed by atoms with van der Waals surface area (Å²) in [6.45, 7) is 0.533. The maximum atomic E-state index is 11.8. The predicted molar refractivity (Wildman–Crippen MR) is 79.6 cm³/mol. The molecule has 0 radical (unpaired) electrons. The molecule has 19 heavy (non-hydrogen) atoms. The van der Waals surface area contributed by atoms with Gasteiger partial charge in [-0.25, -0.2) is 0 Å². The molecule has 0 saturated carbocycles. The highest BCUT2D eigenvalue weighted by molar-refractivity contribution is 7.20. The third kappa shape index (κ3) is 4.32. The molecule has 0 saturated heterocycles. The summed E-state index contributed by atoms with van der Waals surface area (Å²) in [7, 11) is 0. The molecule has 0 atom stereocenters. The molecule has 1 aromatic carbocycles. The van der Waals surface area contributed by atoms with Crippen LogP contribution in [-0.2, 0) is 11.2 Å². The van der Waals surface area contributed by atoms with Crippen LogP contribution in [0.15, 0.2) is 36.4 Å². The van der Waals surface area contributed by atoms with Gasteiger partial charge in [-0.15, -0.1) is 11.3 Å². The molecule has 5 heteroatoms. The molecule has 0 aliphatic rings. The third-order valence-corrected chi connectivity index (χ3v) is 4.06. The van der Waals surface area contributed by atoms with Gasteiger partial charge in [0, 0.05) is 0 Å². The number of carbonyl (C=O) groups is 1. The first-order chi connectivity index (χ1) is 9.16. The van der Waals surface area contributed by atoms with Gasteiger partial charge in [0.2, 0.25) is 0 Å². The summed E-state index contributed by atoms with van der Waals surface area (Å²) >= 11 is 12.9. The van der Waals surface area contributed by atoms with E-state index in [1.54, 1.807) is 6.07 Å². The predicted octanol–water partition coefficient (Wildman–Crippen LogP) is 4.50. The number of benzene rings is 1. The van der Waals surface area contributed by atoms with Crippen molar-refractivity contribution in [2.75, 3.05) is 13.2 Å². The van der Waals surface area contributed by atoms with Crippen LogP contribution in [0.1, 0.15) is 15.9 Å². The second-order valence-electron chi connectivity index (χ2n) is 3.95. The molecule has 0 spiro atoms. The van der Waals surface area contributed by atoms with Crippen LogP contribution in [0.2, 0.25) is 8.67 Å². The van der Waals surface area contributed by atoms with E-state index < -0.39 is 0 Å². The zero-order valence-corrected chi connectivity index (χ0v) is 12.4. The van der Waals surface area contributed by atoms with Gasteiger partial charge in [0.15, 0.2) is 5.78 Å². The lowest BCUT2D eigenvalue weighted by molar-refractivity contribution is 0.0766. The highest BCUT2D eigenvalue weighted by Gasteiger charge is 2.14. The van der Waals surface area contributed by atoms with Crippen LogP contribution in [0, 0.1) is 0 Å². The Kier molecular flexibility index (Phi) is 5.40. The van der Waals surface area contributed by atoms with Crippen LogP contribution in [0.4, 0.5) is 0 Å². The summed E-state index contributed by atoms with van der Waals surface area (Å²) in [5, 5.41) is 0. The Balaban J connectivity index is 1.77. The van der Waals surface area contributed by atoms with E-state index in [9.17, 15) is 4.79 Å². The van der Waals surface area contributed by atoms with Crippen molar-refractivity contribution in [3.05, 3.63) is 56.2 Å². The van der Waals surface area contributed by atoms with Gasteiger partial charge in [-0.3, -0.25) is 4.79 Å². The molecule has 0 unspecified atom stereocenters. The molecule has 100 valence electrons. The zero-order chi connectivity index (χ0) is 13.7. The first-order valence-electron chi connectivity index (χ1n) is 5.76. The molecule has 1 aromatic heterocycles. The lowest BCUT2D eigenvalue weighted by Gasteiger charge is -2.03. The molecule has 2 rings (SSSR count). The molecule has 2 aromatic rings. The maximum Gasteiger partial charge on any atom is 0.190 e. The quantitative estimate of drug-likeness (QED) is 0.579. The van der Waals surface area contributed by atoms with Crippen LogP contribution in [0.5, 0.6) is 0 Å². The van der Waals surface area contributed by atoms with E-state index >= 15 is 0 Å². The topological polar surface area (TPSA) is 26.3 Å². The second-order valence-corrected chi connectivity index (χ2v) is 6.23. The molecule has 0 N–H and O–H groups in total. The van der Waals surface area contributed by atoms with Crippen LogP contribution < -0.4 is 0 Å². The number of hydrogen-bond donors (Lipinski definition) is 0. The highest BCUT2D eigenvalue weighted by Crippen LogP contribution is 2.31. The van der Waals surface area contributed by atoms with Gasteiger partial charge in [-0.05, 0) is 18.1 Å². The number of hydrogen-bond acceptors (Lipinski definition) is 3. The number of thiophene rings is 1. The fourth-order valence-electron chi connectivity index (χ4n) is 1.61. The summed E-state index contributed by atoms with van der Waals surface area (Å²) in [6.07, 6.45) is 0.784. The number of Topliss-reactive ketones (excluding diaryl/α,β-unsaturated/α-hetero) is 1. The number of ether oxygens (including phenoxy) is 1. The molecule has 1 heterocycles. The standard InChI is InChI=1S/C14H12Cl2O2S/c15-13-8-11(14(16)19-13)12(17)9-18-7-6-10-4-2-1-3-5-10/h1-5,8H,6-7,9H2. The first-order valence-corrected chi connectivity index (χ1v) is 7.34. The van der Waals surface area contributed by atoms with Crippen molar-refractivity contribution in [2.24, 2.45) is 0 Å². The Morgan fingerprint density at radius 2 is 1.95 bits per heavy atom. The second kappa shape index (κ2) is 7.06. The van der Waals surface area contributed by atoms with Gasteiger partial charge in [0.05, 0.1) is 16.5 Å². The largest absolute Gasteiger partial charge is 0.373 e. The smallest absolute Gasteiger partial charge is 0.190 e. The van der Waals surface area contributed by atoms with E-state index in [1.807, 2.05) is 30.3 Å². The normalized spacial score (nSPS) is 10.6. The van der Waals surface area contributed by atoms with Crippen molar-refractivity contribution in [3.8, 4) is 0 Å². The summed E-state index contributed by atoms with van der Waals surface area (Å²) < 4.78 is 6.30. The Morgan fingerprint density at radius 3 is 2.58 bits per heavy atom. The van der Waals surface area contributed by atoms with Gasteiger partial charge in [0.1, 0.15) is 10.9 Å². The van der Waals surface area contributed by atoms with Crippen molar-refractivity contribution < 1.29 is 9.53 Å². The lowest BCUT2D eigenvalue weighted by Crippen LogP contribution is -2.10. The van der Waals surface area contributed by atoms with Crippen LogP contribution in [0.25, 0.3) is 0 Å². The third-order valence-electron chi connectivity index (χ3n) is 2.57. The number of rotatable bonds is 6. The van der Waals surface area contributed by atoms with Crippen molar-refractivity contribution in [1.82, 2.24) is 0 Å². The first kappa shape index (κ1) is 14.5. The molecule has 0 fully saturated rings.